The number of hydrogen-bond acceptors (Lipinski definition) is 7. The van der Waals surface area contributed by atoms with Gasteiger partial charge in [0.1, 0.15) is 22.4 Å². The minimum Gasteiger partial charge on any atom is -0.506 e. The van der Waals surface area contributed by atoms with Crippen molar-refractivity contribution in [3.05, 3.63) is 68.9 Å². The molecule has 1 heterocycles. The molecule has 0 aliphatic carbocycles. The van der Waals surface area contributed by atoms with Crippen molar-refractivity contribution in [2.75, 3.05) is 11.9 Å². The number of anilines is 1. The maximum atomic E-state index is 13.3. The van der Waals surface area contributed by atoms with Gasteiger partial charge in [-0.1, -0.05) is 36.1 Å². The summed E-state index contributed by atoms with van der Waals surface area (Å²) in [5.41, 5.74) is -0.0110. The Morgan fingerprint density at radius 2 is 2.10 bits per heavy atom. The van der Waals surface area contributed by atoms with Crippen LogP contribution in [-0.2, 0) is 9.59 Å². The highest BCUT2D eigenvalue weighted by atomic mass is 32.2. The van der Waals surface area contributed by atoms with Crippen molar-refractivity contribution in [3.8, 4) is 5.75 Å². The summed E-state index contributed by atoms with van der Waals surface area (Å²) in [6, 6.07) is 8.82. The van der Waals surface area contributed by atoms with E-state index in [4.69, 9.17) is 12.2 Å². The van der Waals surface area contributed by atoms with Gasteiger partial charge in [-0.25, -0.2) is 4.39 Å². The molecule has 2 aromatic rings. The van der Waals surface area contributed by atoms with E-state index in [9.17, 15) is 29.2 Å². The summed E-state index contributed by atoms with van der Waals surface area (Å²) in [5, 5.41) is 22.9. The summed E-state index contributed by atoms with van der Waals surface area (Å²) < 4.78 is 13.4. The second-order valence-electron chi connectivity index (χ2n) is 5.83. The molecule has 11 heteroatoms. The Bertz CT molecular complexity index is 1070. The van der Waals surface area contributed by atoms with Crippen molar-refractivity contribution < 1.29 is 24.0 Å². The van der Waals surface area contributed by atoms with Crippen molar-refractivity contribution in [2.45, 2.75) is 0 Å². The van der Waals surface area contributed by atoms with Crippen LogP contribution in [0.3, 0.4) is 0 Å². The van der Waals surface area contributed by atoms with E-state index in [1.165, 1.54) is 24.3 Å². The average molecular weight is 433 g/mol. The number of non-ortho nitro benzene ring substituents is 1. The number of nitrogens with zero attached hydrogens (tertiary/aromatic N) is 2. The zero-order valence-corrected chi connectivity index (χ0v) is 16.1. The van der Waals surface area contributed by atoms with E-state index in [0.717, 1.165) is 34.9 Å². The number of phenols is 1. The van der Waals surface area contributed by atoms with Crippen LogP contribution in [0.2, 0.25) is 0 Å². The summed E-state index contributed by atoms with van der Waals surface area (Å²) in [5.74, 6) is -2.04. The number of phenolic OH excluding ortho intramolecular Hbond substituents is 1. The first-order valence-corrected chi connectivity index (χ1v) is 9.25. The minimum atomic E-state index is -0.705. The third kappa shape index (κ3) is 4.76. The average Bonchev–Trinajstić information content (AvgIpc) is 2.91. The summed E-state index contributed by atoms with van der Waals surface area (Å²) in [4.78, 5) is 36.3. The van der Waals surface area contributed by atoms with Gasteiger partial charge in [0, 0.05) is 12.1 Å². The fourth-order valence-electron chi connectivity index (χ4n) is 2.46. The number of aromatic hydroxyl groups is 1. The van der Waals surface area contributed by atoms with Gasteiger partial charge >= 0.3 is 0 Å². The van der Waals surface area contributed by atoms with Gasteiger partial charge in [-0.3, -0.25) is 24.6 Å². The largest absolute Gasteiger partial charge is 0.506 e. The molecule has 0 aromatic heterocycles. The Hall–Kier alpha value is -3.31. The van der Waals surface area contributed by atoms with Crippen LogP contribution in [0.15, 0.2) is 47.4 Å². The van der Waals surface area contributed by atoms with Crippen LogP contribution in [-0.4, -0.2) is 37.6 Å². The van der Waals surface area contributed by atoms with Gasteiger partial charge in [-0.15, -0.1) is 0 Å². The van der Waals surface area contributed by atoms with Crippen molar-refractivity contribution >= 4 is 57.6 Å². The Kier molecular flexibility index (Phi) is 5.89. The molecule has 2 aromatic carbocycles. The number of carbonyl (C=O) groups is 2. The third-order valence-corrected chi connectivity index (χ3v) is 5.16. The maximum absolute atomic E-state index is 13.3. The second-order valence-corrected chi connectivity index (χ2v) is 7.51. The van der Waals surface area contributed by atoms with E-state index in [2.05, 4.69) is 5.32 Å². The number of carbonyl (C=O) groups excluding carboxylic acids is 2. The number of hydrogen-bond donors (Lipinski definition) is 2. The fraction of sp³-hybridized carbons (Fsp3) is 0.0556. The molecule has 0 radical (unpaired) electrons. The Morgan fingerprint density at radius 3 is 2.79 bits per heavy atom. The first-order valence-electron chi connectivity index (χ1n) is 8.03. The van der Waals surface area contributed by atoms with Gasteiger partial charge in [0.15, 0.2) is 0 Å². The predicted octanol–water partition coefficient (Wildman–Crippen LogP) is 3.28. The Morgan fingerprint density at radius 1 is 1.34 bits per heavy atom. The van der Waals surface area contributed by atoms with Crippen molar-refractivity contribution in [1.82, 2.24) is 4.90 Å². The Balaban J connectivity index is 1.72. The number of nitro benzene ring substituents is 1. The molecule has 0 bridgehead atoms. The van der Waals surface area contributed by atoms with Crippen LogP contribution in [0.5, 0.6) is 5.75 Å². The highest BCUT2D eigenvalue weighted by molar-refractivity contribution is 8.26. The first kappa shape index (κ1) is 20.4. The second kappa shape index (κ2) is 8.37. The monoisotopic (exact) mass is 433 g/mol. The highest BCUT2D eigenvalue weighted by Crippen LogP contribution is 2.33. The predicted molar refractivity (Wildman–Crippen MR) is 110 cm³/mol. The van der Waals surface area contributed by atoms with Gasteiger partial charge in [0.25, 0.3) is 11.6 Å². The smallest absolute Gasteiger partial charge is 0.271 e. The minimum absolute atomic E-state index is 0.135. The molecule has 0 saturated carbocycles. The topological polar surface area (TPSA) is 113 Å². The van der Waals surface area contributed by atoms with Crippen molar-refractivity contribution in [2.24, 2.45) is 0 Å². The number of nitrogens with one attached hydrogen (secondary N) is 1. The molecule has 1 aliphatic rings. The summed E-state index contributed by atoms with van der Waals surface area (Å²) >= 11 is 6.10. The molecular weight excluding hydrogens is 421 g/mol. The number of halogens is 1. The number of nitro groups is 1. The SMILES string of the molecule is O=C(CN1C(=O)/C(=C/c2cccc(F)c2)SC1=S)Nc1cc([N+](=O)[O-])ccc1O. The number of benzene rings is 2. The van der Waals surface area contributed by atoms with Crippen LogP contribution in [0.1, 0.15) is 5.56 Å². The molecule has 3 rings (SSSR count). The molecule has 0 atom stereocenters. The summed E-state index contributed by atoms with van der Waals surface area (Å²) in [6.45, 7) is -0.451. The lowest BCUT2D eigenvalue weighted by molar-refractivity contribution is -0.384. The van der Waals surface area contributed by atoms with E-state index in [-0.39, 0.29) is 26.3 Å². The molecule has 29 heavy (non-hydrogen) atoms. The molecule has 0 unspecified atom stereocenters. The molecule has 1 saturated heterocycles. The molecule has 1 aliphatic heterocycles. The summed E-state index contributed by atoms with van der Waals surface area (Å²) in [7, 11) is 0. The van der Waals surface area contributed by atoms with E-state index in [1.54, 1.807) is 6.07 Å². The molecule has 0 spiro atoms. The van der Waals surface area contributed by atoms with Crippen LogP contribution >= 0.6 is 24.0 Å². The number of thiocarbonyl (C=S) groups is 1. The van der Waals surface area contributed by atoms with E-state index >= 15 is 0 Å². The molecule has 1 fully saturated rings. The zero-order valence-electron chi connectivity index (χ0n) is 14.5. The molecular formula is C18H12FN3O5S2. The first-order chi connectivity index (χ1) is 13.7. The van der Waals surface area contributed by atoms with Gasteiger partial charge in [-0.05, 0) is 29.8 Å². The quantitative estimate of drug-likeness (QED) is 0.245. The van der Waals surface area contributed by atoms with Crippen LogP contribution in [0.4, 0.5) is 15.8 Å². The summed E-state index contributed by atoms with van der Waals surface area (Å²) in [6.07, 6.45) is 1.46. The zero-order chi connectivity index (χ0) is 21.1. The lowest BCUT2D eigenvalue weighted by Gasteiger charge is -2.14. The van der Waals surface area contributed by atoms with Crippen LogP contribution < -0.4 is 5.32 Å². The standard InChI is InChI=1S/C18H12FN3O5S2/c19-11-3-1-2-10(6-11)7-15-17(25)21(18(28)29-15)9-16(24)20-13-8-12(22(26)27)4-5-14(13)23/h1-8,23H,9H2,(H,20,24)/b15-7-. The lowest BCUT2D eigenvalue weighted by Crippen LogP contribution is -2.36. The molecule has 8 nitrogen and oxygen atoms in total. The van der Waals surface area contributed by atoms with Crippen LogP contribution in [0.25, 0.3) is 6.08 Å². The molecule has 2 N–H and O–H groups in total. The lowest BCUT2D eigenvalue weighted by atomic mass is 10.2. The Labute approximate surface area is 173 Å². The molecule has 2 amide bonds. The van der Waals surface area contributed by atoms with E-state index in [1.807, 2.05) is 0 Å². The number of thioether (sulfide) groups is 1. The normalized spacial score (nSPS) is 15.1. The van der Waals surface area contributed by atoms with Gasteiger partial charge < -0.3 is 10.4 Å². The molecule has 148 valence electrons. The van der Waals surface area contributed by atoms with Crippen LogP contribution in [0, 0.1) is 15.9 Å². The number of amides is 2. The highest BCUT2D eigenvalue weighted by Gasteiger charge is 2.33. The van der Waals surface area contributed by atoms with Gasteiger partial charge in [-0.2, -0.15) is 0 Å². The van der Waals surface area contributed by atoms with E-state index < -0.39 is 29.1 Å². The number of rotatable bonds is 5. The fourth-order valence-corrected chi connectivity index (χ4v) is 3.71. The van der Waals surface area contributed by atoms with Gasteiger partial charge in [0.05, 0.1) is 15.5 Å². The van der Waals surface area contributed by atoms with E-state index in [0.29, 0.717) is 5.56 Å². The van der Waals surface area contributed by atoms with Crippen molar-refractivity contribution in [3.63, 3.8) is 0 Å². The van der Waals surface area contributed by atoms with Gasteiger partial charge in [0.2, 0.25) is 5.91 Å². The maximum Gasteiger partial charge on any atom is 0.271 e. The van der Waals surface area contributed by atoms with Crippen molar-refractivity contribution in [1.29, 1.82) is 0 Å². The third-order valence-electron chi connectivity index (χ3n) is 3.79.